The molecule has 1 aliphatic heterocycles. The van der Waals surface area contributed by atoms with Gasteiger partial charge in [-0.25, -0.2) is 10.1 Å². The Labute approximate surface area is 68.3 Å². The first-order chi connectivity index (χ1) is 5.79. The van der Waals surface area contributed by atoms with Crippen LogP contribution >= 0.6 is 0 Å². The molecule has 1 aliphatic rings. The molecule has 0 aliphatic carbocycles. The van der Waals surface area contributed by atoms with Crippen molar-refractivity contribution in [3.63, 3.8) is 0 Å². The van der Waals surface area contributed by atoms with Gasteiger partial charge in [-0.15, -0.1) is 0 Å². The Morgan fingerprint density at radius 3 is 3.25 bits per heavy atom. The van der Waals surface area contributed by atoms with Crippen molar-refractivity contribution in [3.05, 3.63) is 28.1 Å². The topological polar surface area (TPSA) is 72.1 Å². The fourth-order valence-corrected chi connectivity index (χ4v) is 1.28. The first-order valence-corrected chi connectivity index (χ1v) is 3.58. The first kappa shape index (κ1) is 7.11. The van der Waals surface area contributed by atoms with Crippen LogP contribution in [0.5, 0.6) is 0 Å². The number of nitrogens with one attached hydrogen (secondary N) is 2. The van der Waals surface area contributed by atoms with Gasteiger partial charge in [0.1, 0.15) is 5.69 Å². The quantitative estimate of drug-likeness (QED) is 0.457. The molecule has 64 valence electrons. The maximum Gasteiger partial charge on any atom is 0.169 e. The second-order valence-electron chi connectivity index (χ2n) is 2.54. The van der Waals surface area contributed by atoms with E-state index in [9.17, 15) is 10.1 Å². The highest BCUT2D eigenvalue weighted by Crippen LogP contribution is 2.18. The van der Waals surface area contributed by atoms with E-state index in [1.807, 2.05) is 0 Å². The SMILES string of the molecule is O=[N+]([O-])n1ccc2c1CNCN2. The summed E-state index contributed by atoms with van der Waals surface area (Å²) in [6.45, 7) is 1.20. The number of aromatic nitrogens is 1. The number of hydrogen-bond donors (Lipinski definition) is 2. The Bertz CT molecular complexity index is 319. The molecule has 0 amide bonds. The third-order valence-corrected chi connectivity index (χ3v) is 1.84. The van der Waals surface area contributed by atoms with Crippen LogP contribution in [0.15, 0.2) is 12.3 Å². The van der Waals surface area contributed by atoms with Gasteiger partial charge in [-0.2, -0.15) is 0 Å². The van der Waals surface area contributed by atoms with E-state index in [0.29, 0.717) is 18.9 Å². The summed E-state index contributed by atoms with van der Waals surface area (Å²) in [5.41, 5.74) is 1.51. The number of nitrogens with zero attached hydrogens (tertiary/aromatic N) is 2. The maximum absolute atomic E-state index is 10.4. The third kappa shape index (κ3) is 0.928. The molecule has 0 spiro atoms. The van der Waals surface area contributed by atoms with Gasteiger partial charge in [0.25, 0.3) is 0 Å². The highest BCUT2D eigenvalue weighted by molar-refractivity contribution is 5.49. The van der Waals surface area contributed by atoms with Crippen LogP contribution < -0.4 is 10.6 Å². The first-order valence-electron chi connectivity index (χ1n) is 3.58. The van der Waals surface area contributed by atoms with Gasteiger partial charge < -0.3 is 5.32 Å². The second-order valence-corrected chi connectivity index (χ2v) is 2.54. The standard InChI is InChI=1S/C6H8N4O2/c11-10(12)9-2-1-5-6(9)3-7-4-8-5/h1-2,7-8H,3-4H2. The summed E-state index contributed by atoms with van der Waals surface area (Å²) in [5.74, 6) is 0. The van der Waals surface area contributed by atoms with E-state index in [1.54, 1.807) is 6.07 Å². The summed E-state index contributed by atoms with van der Waals surface area (Å²) in [6.07, 6.45) is 1.45. The minimum atomic E-state index is -0.437. The van der Waals surface area contributed by atoms with Crippen LogP contribution in [-0.2, 0) is 6.54 Å². The number of anilines is 1. The zero-order valence-corrected chi connectivity index (χ0v) is 6.28. The predicted octanol–water partition coefficient (Wildman–Crippen LogP) is 0.000500. The van der Waals surface area contributed by atoms with Crippen LogP contribution in [0.4, 0.5) is 5.69 Å². The lowest BCUT2D eigenvalue weighted by molar-refractivity contribution is -0.543. The number of hydrogen-bond acceptors (Lipinski definition) is 4. The fourth-order valence-electron chi connectivity index (χ4n) is 1.28. The Balaban J connectivity index is 2.44. The lowest BCUT2D eigenvalue weighted by atomic mass is 10.3. The van der Waals surface area contributed by atoms with Gasteiger partial charge in [-0.05, 0) is 6.07 Å². The van der Waals surface area contributed by atoms with Crippen molar-refractivity contribution in [2.75, 3.05) is 12.0 Å². The Hall–Kier alpha value is -1.56. The molecule has 2 N–H and O–H groups in total. The number of rotatable bonds is 1. The molecule has 1 aromatic heterocycles. The van der Waals surface area contributed by atoms with Gasteiger partial charge >= 0.3 is 0 Å². The zero-order valence-electron chi connectivity index (χ0n) is 6.28. The van der Waals surface area contributed by atoms with Crippen LogP contribution in [0.2, 0.25) is 0 Å². The molecular weight excluding hydrogens is 160 g/mol. The minimum Gasteiger partial charge on any atom is -0.371 e. The molecule has 0 radical (unpaired) electrons. The second kappa shape index (κ2) is 2.49. The summed E-state index contributed by atoms with van der Waals surface area (Å²) < 4.78 is 1.02. The highest BCUT2D eigenvalue weighted by atomic mass is 16.7. The van der Waals surface area contributed by atoms with E-state index in [1.165, 1.54) is 6.20 Å². The van der Waals surface area contributed by atoms with Crippen molar-refractivity contribution in [1.82, 2.24) is 9.99 Å². The molecule has 0 unspecified atom stereocenters. The lowest BCUT2D eigenvalue weighted by Gasteiger charge is -2.14. The lowest BCUT2D eigenvalue weighted by Crippen LogP contribution is -2.29. The third-order valence-electron chi connectivity index (χ3n) is 1.84. The average molecular weight is 168 g/mol. The largest absolute Gasteiger partial charge is 0.371 e. The van der Waals surface area contributed by atoms with E-state index < -0.39 is 5.03 Å². The van der Waals surface area contributed by atoms with Crippen molar-refractivity contribution in [3.8, 4) is 0 Å². The van der Waals surface area contributed by atoms with E-state index in [-0.39, 0.29) is 0 Å². The Kier molecular flexibility index (Phi) is 1.47. The van der Waals surface area contributed by atoms with Crippen molar-refractivity contribution in [1.29, 1.82) is 0 Å². The van der Waals surface area contributed by atoms with E-state index in [2.05, 4.69) is 10.6 Å². The highest BCUT2D eigenvalue weighted by Gasteiger charge is 2.17. The minimum absolute atomic E-state index is 0.437. The van der Waals surface area contributed by atoms with Gasteiger partial charge in [0.15, 0.2) is 5.03 Å². The van der Waals surface area contributed by atoms with Crippen LogP contribution in [-0.4, -0.2) is 16.4 Å². The molecule has 0 saturated heterocycles. The molecule has 6 nitrogen and oxygen atoms in total. The van der Waals surface area contributed by atoms with Crippen LogP contribution in [0.25, 0.3) is 0 Å². The zero-order chi connectivity index (χ0) is 8.55. The normalized spacial score (nSPS) is 15.0. The smallest absolute Gasteiger partial charge is 0.169 e. The molecule has 12 heavy (non-hydrogen) atoms. The van der Waals surface area contributed by atoms with Crippen molar-refractivity contribution >= 4 is 5.69 Å². The summed E-state index contributed by atoms with van der Waals surface area (Å²) >= 11 is 0. The molecule has 0 fully saturated rings. The average Bonchev–Trinajstić information content (AvgIpc) is 2.47. The maximum atomic E-state index is 10.4. The molecule has 2 rings (SSSR count). The number of fused-ring (bicyclic) bond motifs is 1. The number of nitro groups is 1. The van der Waals surface area contributed by atoms with E-state index >= 15 is 0 Å². The predicted molar refractivity (Wildman–Crippen MR) is 42.2 cm³/mol. The van der Waals surface area contributed by atoms with Crippen LogP contribution in [0.1, 0.15) is 5.69 Å². The van der Waals surface area contributed by atoms with Gasteiger partial charge in [0, 0.05) is 6.54 Å². The summed E-state index contributed by atoms with van der Waals surface area (Å²) in [4.78, 5) is 10.4. The molecule has 0 aromatic carbocycles. The van der Waals surface area contributed by atoms with Crippen LogP contribution in [0, 0.1) is 10.1 Å². The van der Waals surface area contributed by atoms with Gasteiger partial charge in [0.2, 0.25) is 0 Å². The summed E-state index contributed by atoms with van der Waals surface area (Å²) in [6, 6.07) is 1.71. The van der Waals surface area contributed by atoms with E-state index in [0.717, 1.165) is 10.4 Å². The fraction of sp³-hybridized carbons (Fsp3) is 0.333. The monoisotopic (exact) mass is 168 g/mol. The van der Waals surface area contributed by atoms with Crippen molar-refractivity contribution in [2.45, 2.75) is 6.54 Å². The van der Waals surface area contributed by atoms with E-state index in [4.69, 9.17) is 0 Å². The molecule has 0 atom stereocenters. The summed E-state index contributed by atoms with van der Waals surface area (Å²) in [7, 11) is 0. The van der Waals surface area contributed by atoms with Crippen molar-refractivity contribution < 1.29 is 5.03 Å². The summed E-state index contributed by atoms with van der Waals surface area (Å²) in [5, 5.41) is 16.0. The van der Waals surface area contributed by atoms with Gasteiger partial charge in [-0.1, -0.05) is 4.68 Å². The molecule has 0 saturated carbocycles. The van der Waals surface area contributed by atoms with Gasteiger partial charge in [-0.3, -0.25) is 5.32 Å². The molecule has 2 heterocycles. The van der Waals surface area contributed by atoms with Crippen LogP contribution in [0.3, 0.4) is 0 Å². The molecule has 6 heteroatoms. The molecule has 1 aromatic rings. The van der Waals surface area contributed by atoms with Gasteiger partial charge in [0.05, 0.1) is 18.6 Å². The van der Waals surface area contributed by atoms with Crippen molar-refractivity contribution in [2.24, 2.45) is 0 Å². The molecule has 0 bridgehead atoms. The molecular formula is C6H8N4O2. The Morgan fingerprint density at radius 1 is 1.67 bits per heavy atom. The Morgan fingerprint density at radius 2 is 2.50 bits per heavy atom.